The third-order valence-corrected chi connectivity index (χ3v) is 3.29. The van der Waals surface area contributed by atoms with Gasteiger partial charge >= 0.3 is 0 Å². The fraction of sp³-hybridized carbons (Fsp3) is 0.500. The Labute approximate surface area is 102 Å². The quantitative estimate of drug-likeness (QED) is 0.847. The topological polar surface area (TPSA) is 45.0 Å². The van der Waals surface area contributed by atoms with Crippen molar-refractivity contribution in [3.8, 4) is 11.8 Å². The Morgan fingerprint density at radius 3 is 3.00 bits per heavy atom. The van der Waals surface area contributed by atoms with E-state index in [9.17, 15) is 0 Å². The minimum atomic E-state index is 0.165. The monoisotopic (exact) mass is 230 g/mol. The average molecular weight is 230 g/mol. The molecule has 17 heavy (non-hydrogen) atoms. The predicted octanol–water partition coefficient (Wildman–Crippen LogP) is 2.24. The van der Waals surface area contributed by atoms with E-state index in [4.69, 9.17) is 10.00 Å². The number of piperidine rings is 1. The third-order valence-electron chi connectivity index (χ3n) is 3.29. The van der Waals surface area contributed by atoms with Crippen molar-refractivity contribution in [3.63, 3.8) is 0 Å². The molecule has 2 rings (SSSR count). The lowest BCUT2D eigenvalue weighted by Gasteiger charge is -2.30. The molecule has 0 aromatic heterocycles. The van der Waals surface area contributed by atoms with E-state index in [1.807, 2.05) is 25.1 Å². The Morgan fingerprint density at radius 1 is 1.47 bits per heavy atom. The second kappa shape index (κ2) is 5.20. The molecule has 2 unspecified atom stereocenters. The van der Waals surface area contributed by atoms with E-state index in [-0.39, 0.29) is 6.10 Å². The molecule has 1 heterocycles. The van der Waals surface area contributed by atoms with Gasteiger partial charge in [0.2, 0.25) is 0 Å². The van der Waals surface area contributed by atoms with Gasteiger partial charge in [0.1, 0.15) is 17.9 Å². The number of rotatable bonds is 2. The number of nitrogens with zero attached hydrogens (tertiary/aromatic N) is 1. The molecule has 90 valence electrons. The van der Waals surface area contributed by atoms with Gasteiger partial charge in [-0.2, -0.15) is 5.26 Å². The highest BCUT2D eigenvalue weighted by Crippen LogP contribution is 2.24. The molecule has 0 radical (unpaired) electrons. The molecule has 0 saturated carbocycles. The van der Waals surface area contributed by atoms with Crippen LogP contribution in [0.2, 0.25) is 0 Å². The van der Waals surface area contributed by atoms with Crippen LogP contribution >= 0.6 is 0 Å². The Hall–Kier alpha value is -1.53. The number of aryl methyl sites for hydroxylation is 1. The van der Waals surface area contributed by atoms with Gasteiger partial charge in [-0.1, -0.05) is 13.0 Å². The first-order valence-electron chi connectivity index (χ1n) is 6.09. The van der Waals surface area contributed by atoms with Crippen molar-refractivity contribution in [2.24, 2.45) is 5.92 Å². The number of hydrogen-bond donors (Lipinski definition) is 1. The van der Waals surface area contributed by atoms with Crippen molar-refractivity contribution in [2.45, 2.75) is 26.4 Å². The Bertz CT molecular complexity index is 436. The Morgan fingerprint density at radius 2 is 2.29 bits per heavy atom. The van der Waals surface area contributed by atoms with Crippen LogP contribution in [0.3, 0.4) is 0 Å². The van der Waals surface area contributed by atoms with Crippen LogP contribution in [0.25, 0.3) is 0 Å². The summed E-state index contributed by atoms with van der Waals surface area (Å²) in [4.78, 5) is 0. The second-order valence-corrected chi connectivity index (χ2v) is 4.74. The first kappa shape index (κ1) is 11.9. The lowest BCUT2D eigenvalue weighted by molar-refractivity contribution is 0.114. The van der Waals surface area contributed by atoms with Crippen LogP contribution < -0.4 is 10.1 Å². The molecule has 1 fully saturated rings. The first-order chi connectivity index (χ1) is 8.20. The highest BCUT2D eigenvalue weighted by Gasteiger charge is 2.23. The SMILES string of the molecule is Cc1ccc(OC2CNCCC2C)c(C#N)c1. The van der Waals surface area contributed by atoms with Crippen molar-refractivity contribution >= 4 is 0 Å². The molecule has 1 aromatic rings. The van der Waals surface area contributed by atoms with Crippen molar-refractivity contribution in [1.29, 1.82) is 5.26 Å². The van der Waals surface area contributed by atoms with Gasteiger partial charge in [-0.15, -0.1) is 0 Å². The van der Waals surface area contributed by atoms with E-state index in [0.717, 1.165) is 25.1 Å². The molecular formula is C14H18N2O. The summed E-state index contributed by atoms with van der Waals surface area (Å²) in [5.41, 5.74) is 1.71. The summed E-state index contributed by atoms with van der Waals surface area (Å²) in [6.07, 6.45) is 1.29. The van der Waals surface area contributed by atoms with Crippen LogP contribution in [0, 0.1) is 24.2 Å². The fourth-order valence-electron chi connectivity index (χ4n) is 2.12. The Balaban J connectivity index is 2.15. The molecule has 0 bridgehead atoms. The number of hydrogen-bond acceptors (Lipinski definition) is 3. The third kappa shape index (κ3) is 2.78. The summed E-state index contributed by atoms with van der Waals surface area (Å²) in [5, 5.41) is 12.4. The molecule has 1 saturated heterocycles. The molecule has 1 N–H and O–H groups in total. The number of nitrogens with one attached hydrogen (secondary N) is 1. The molecule has 1 aliphatic rings. The van der Waals surface area contributed by atoms with Crippen LogP contribution in [0.15, 0.2) is 18.2 Å². The maximum absolute atomic E-state index is 9.09. The van der Waals surface area contributed by atoms with Crippen LogP contribution in [-0.4, -0.2) is 19.2 Å². The largest absolute Gasteiger partial charge is 0.487 e. The van der Waals surface area contributed by atoms with Crippen LogP contribution in [-0.2, 0) is 0 Å². The zero-order chi connectivity index (χ0) is 12.3. The summed E-state index contributed by atoms with van der Waals surface area (Å²) in [6.45, 7) is 6.10. The van der Waals surface area contributed by atoms with Gasteiger partial charge < -0.3 is 10.1 Å². The normalized spacial score (nSPS) is 24.1. The van der Waals surface area contributed by atoms with Crippen molar-refractivity contribution in [1.82, 2.24) is 5.32 Å². The second-order valence-electron chi connectivity index (χ2n) is 4.74. The smallest absolute Gasteiger partial charge is 0.137 e. The maximum atomic E-state index is 9.09. The maximum Gasteiger partial charge on any atom is 0.137 e. The number of nitriles is 1. The summed E-state index contributed by atoms with van der Waals surface area (Å²) in [6, 6.07) is 7.95. The molecular weight excluding hydrogens is 212 g/mol. The molecule has 0 amide bonds. The van der Waals surface area contributed by atoms with Crippen LogP contribution in [0.1, 0.15) is 24.5 Å². The molecule has 2 atom stereocenters. The Kier molecular flexibility index (Phi) is 3.65. The van der Waals surface area contributed by atoms with Crippen molar-refractivity contribution < 1.29 is 4.74 Å². The van der Waals surface area contributed by atoms with Crippen molar-refractivity contribution in [2.75, 3.05) is 13.1 Å². The molecule has 3 heteroatoms. The molecule has 0 aliphatic carbocycles. The van der Waals surface area contributed by atoms with E-state index in [0.29, 0.717) is 17.2 Å². The van der Waals surface area contributed by atoms with Crippen molar-refractivity contribution in [3.05, 3.63) is 29.3 Å². The highest BCUT2D eigenvalue weighted by molar-refractivity contribution is 5.45. The number of benzene rings is 1. The van der Waals surface area contributed by atoms with E-state index in [1.54, 1.807) is 0 Å². The average Bonchev–Trinajstić information content (AvgIpc) is 2.34. The van der Waals surface area contributed by atoms with Crippen LogP contribution in [0.4, 0.5) is 0 Å². The summed E-state index contributed by atoms with van der Waals surface area (Å²) >= 11 is 0. The van der Waals surface area contributed by atoms with Gasteiger partial charge in [0.05, 0.1) is 5.56 Å². The lowest BCUT2D eigenvalue weighted by Crippen LogP contribution is -2.42. The summed E-state index contributed by atoms with van der Waals surface area (Å²) in [7, 11) is 0. The zero-order valence-corrected chi connectivity index (χ0v) is 10.4. The molecule has 0 spiro atoms. The number of ether oxygens (including phenoxy) is 1. The van der Waals surface area contributed by atoms with Gasteiger partial charge in [0, 0.05) is 6.54 Å². The minimum Gasteiger partial charge on any atom is -0.487 e. The van der Waals surface area contributed by atoms with E-state index in [2.05, 4.69) is 18.3 Å². The van der Waals surface area contributed by atoms with E-state index >= 15 is 0 Å². The first-order valence-corrected chi connectivity index (χ1v) is 6.09. The minimum absolute atomic E-state index is 0.165. The van der Waals surface area contributed by atoms with Gasteiger partial charge in [-0.3, -0.25) is 0 Å². The zero-order valence-electron chi connectivity index (χ0n) is 10.4. The van der Waals surface area contributed by atoms with Gasteiger partial charge in [0.25, 0.3) is 0 Å². The summed E-state index contributed by atoms with van der Waals surface area (Å²) < 4.78 is 5.96. The van der Waals surface area contributed by atoms with Gasteiger partial charge in [-0.05, 0) is 43.5 Å². The predicted molar refractivity (Wildman–Crippen MR) is 67.0 cm³/mol. The van der Waals surface area contributed by atoms with Gasteiger partial charge in [-0.25, -0.2) is 0 Å². The summed E-state index contributed by atoms with van der Waals surface area (Å²) in [5.74, 6) is 1.24. The van der Waals surface area contributed by atoms with E-state index in [1.165, 1.54) is 0 Å². The fourth-order valence-corrected chi connectivity index (χ4v) is 2.12. The molecule has 1 aromatic carbocycles. The van der Waals surface area contributed by atoms with Gasteiger partial charge in [0.15, 0.2) is 0 Å². The standard InChI is InChI=1S/C14H18N2O/c1-10-3-4-13(12(7-10)8-15)17-14-9-16-6-5-11(14)2/h3-4,7,11,14,16H,5-6,9H2,1-2H3. The molecule has 3 nitrogen and oxygen atoms in total. The molecule has 1 aliphatic heterocycles. The van der Waals surface area contributed by atoms with Crippen LogP contribution in [0.5, 0.6) is 5.75 Å². The van der Waals surface area contributed by atoms with E-state index < -0.39 is 0 Å². The highest BCUT2D eigenvalue weighted by atomic mass is 16.5. The lowest BCUT2D eigenvalue weighted by atomic mass is 9.97.